The molecule has 1 spiro atoms. The maximum Gasteiger partial charge on any atom is 0.0726 e. The van der Waals surface area contributed by atoms with E-state index in [0.29, 0.717) is 0 Å². The van der Waals surface area contributed by atoms with Gasteiger partial charge in [-0.15, -0.1) is 0 Å². The van der Waals surface area contributed by atoms with Crippen LogP contribution in [0.5, 0.6) is 0 Å². The molecule has 0 fully saturated rings. The summed E-state index contributed by atoms with van der Waals surface area (Å²) < 4.78 is 1.14. The molecule has 0 radical (unpaired) electrons. The zero-order chi connectivity index (χ0) is 18.5. The van der Waals surface area contributed by atoms with Gasteiger partial charge in [-0.2, -0.15) is 0 Å². The van der Waals surface area contributed by atoms with E-state index in [-0.39, 0.29) is 5.41 Å². The zero-order valence-corrected chi connectivity index (χ0v) is 16.6. The molecule has 5 aromatic carbocycles. The van der Waals surface area contributed by atoms with Gasteiger partial charge in [-0.05, 0) is 67.1 Å². The highest BCUT2D eigenvalue weighted by atomic mass is 79.9. The quantitative estimate of drug-likeness (QED) is 0.224. The minimum Gasteiger partial charge on any atom is -0.0619 e. The van der Waals surface area contributed by atoms with Crippen molar-refractivity contribution in [3.05, 3.63) is 118 Å². The fourth-order valence-corrected chi connectivity index (χ4v) is 6.25. The highest BCUT2D eigenvalue weighted by molar-refractivity contribution is 9.10. The lowest BCUT2D eigenvalue weighted by molar-refractivity contribution is 0.796. The fourth-order valence-electron chi connectivity index (χ4n) is 5.77. The van der Waals surface area contributed by atoms with Crippen LogP contribution in [0.4, 0.5) is 0 Å². The molecule has 0 aliphatic heterocycles. The molecular formula is C27H15Br. The molecule has 0 atom stereocenters. The molecule has 0 N–H and O–H groups in total. The first-order chi connectivity index (χ1) is 13.8. The number of hydrogen-bond donors (Lipinski definition) is 0. The van der Waals surface area contributed by atoms with Gasteiger partial charge in [0.1, 0.15) is 0 Å². The lowest BCUT2D eigenvalue weighted by atomic mass is 9.70. The third-order valence-electron chi connectivity index (χ3n) is 6.68. The summed E-state index contributed by atoms with van der Waals surface area (Å²) in [6, 6.07) is 33.8. The van der Waals surface area contributed by atoms with Gasteiger partial charge in [-0.1, -0.05) is 94.8 Å². The average Bonchev–Trinajstić information content (AvgIpc) is 3.20. The summed E-state index contributed by atoms with van der Waals surface area (Å²) in [7, 11) is 0. The minimum atomic E-state index is -0.238. The van der Waals surface area contributed by atoms with Crippen molar-refractivity contribution in [2.24, 2.45) is 0 Å². The Morgan fingerprint density at radius 3 is 1.86 bits per heavy atom. The Hall–Kier alpha value is -2.90. The van der Waals surface area contributed by atoms with Crippen molar-refractivity contribution in [3.63, 3.8) is 0 Å². The van der Waals surface area contributed by atoms with Crippen molar-refractivity contribution >= 4 is 37.5 Å². The van der Waals surface area contributed by atoms with Crippen molar-refractivity contribution < 1.29 is 0 Å². The van der Waals surface area contributed by atoms with E-state index in [1.54, 1.807) is 0 Å². The van der Waals surface area contributed by atoms with Crippen LogP contribution in [0.2, 0.25) is 0 Å². The van der Waals surface area contributed by atoms with Crippen molar-refractivity contribution in [3.8, 4) is 11.1 Å². The van der Waals surface area contributed by atoms with Gasteiger partial charge in [0, 0.05) is 4.47 Å². The Labute approximate surface area is 171 Å². The van der Waals surface area contributed by atoms with E-state index in [1.165, 1.54) is 54.9 Å². The SMILES string of the molecule is Brc1cc2c3c(ccc4cccc(c43)C23c2ccccc2-c2ccccc23)c1. The van der Waals surface area contributed by atoms with Crippen LogP contribution in [0, 0.1) is 0 Å². The van der Waals surface area contributed by atoms with Gasteiger partial charge in [0.2, 0.25) is 0 Å². The lowest BCUT2D eigenvalue weighted by Gasteiger charge is -2.30. The van der Waals surface area contributed by atoms with Crippen LogP contribution in [-0.2, 0) is 5.41 Å². The van der Waals surface area contributed by atoms with E-state index in [0.717, 1.165) is 4.47 Å². The predicted octanol–water partition coefficient (Wildman–Crippen LogP) is 7.43. The summed E-state index contributed by atoms with van der Waals surface area (Å²) in [4.78, 5) is 0. The summed E-state index contributed by atoms with van der Waals surface area (Å²) in [5.41, 5.74) is 8.10. The Bertz CT molecular complexity index is 1430. The van der Waals surface area contributed by atoms with Crippen LogP contribution >= 0.6 is 15.9 Å². The second-order valence-electron chi connectivity index (χ2n) is 7.86. The summed E-state index contributed by atoms with van der Waals surface area (Å²) in [6.45, 7) is 0. The molecule has 0 nitrogen and oxygen atoms in total. The molecule has 0 heterocycles. The number of halogens is 1. The molecule has 0 unspecified atom stereocenters. The number of benzene rings is 5. The Morgan fingerprint density at radius 1 is 0.500 bits per heavy atom. The third kappa shape index (κ3) is 1.52. The maximum atomic E-state index is 3.80. The van der Waals surface area contributed by atoms with Crippen molar-refractivity contribution in [1.29, 1.82) is 0 Å². The Morgan fingerprint density at radius 2 is 1.11 bits per heavy atom. The Kier molecular flexibility index (Phi) is 2.65. The summed E-state index contributed by atoms with van der Waals surface area (Å²) in [6.07, 6.45) is 0. The molecule has 0 aromatic heterocycles. The van der Waals surface area contributed by atoms with E-state index in [1.807, 2.05) is 0 Å². The van der Waals surface area contributed by atoms with Gasteiger partial charge in [-0.25, -0.2) is 0 Å². The monoisotopic (exact) mass is 418 g/mol. The van der Waals surface area contributed by atoms with Gasteiger partial charge in [0.15, 0.2) is 0 Å². The largest absolute Gasteiger partial charge is 0.0726 e. The third-order valence-corrected chi connectivity index (χ3v) is 7.14. The van der Waals surface area contributed by atoms with E-state index in [9.17, 15) is 0 Å². The topological polar surface area (TPSA) is 0 Å². The van der Waals surface area contributed by atoms with Crippen LogP contribution < -0.4 is 0 Å². The standard InChI is InChI=1S/C27H15Br/c28-18-14-17-13-12-16-6-5-11-23-25(16)26(17)24(15-18)27(23)21-9-3-1-7-19(21)20-8-2-4-10-22(20)27/h1-15H. The zero-order valence-electron chi connectivity index (χ0n) is 15.0. The van der Waals surface area contributed by atoms with E-state index >= 15 is 0 Å². The summed E-state index contributed by atoms with van der Waals surface area (Å²) in [5, 5.41) is 5.45. The van der Waals surface area contributed by atoms with Crippen LogP contribution in [0.15, 0.2) is 95.5 Å². The highest BCUT2D eigenvalue weighted by Gasteiger charge is 2.50. The van der Waals surface area contributed by atoms with E-state index in [4.69, 9.17) is 0 Å². The number of fused-ring (bicyclic) bond motifs is 7. The Balaban J connectivity index is 1.82. The first-order valence-corrected chi connectivity index (χ1v) is 10.4. The van der Waals surface area contributed by atoms with Crippen LogP contribution in [0.25, 0.3) is 32.7 Å². The number of hydrogen-bond acceptors (Lipinski definition) is 0. The van der Waals surface area contributed by atoms with Crippen LogP contribution in [-0.4, -0.2) is 0 Å². The first kappa shape index (κ1) is 15.1. The normalized spacial score (nSPS) is 14.9. The van der Waals surface area contributed by atoms with Gasteiger partial charge in [0.25, 0.3) is 0 Å². The molecule has 0 saturated carbocycles. The van der Waals surface area contributed by atoms with Crippen molar-refractivity contribution in [2.45, 2.75) is 5.41 Å². The molecule has 7 rings (SSSR count). The first-order valence-electron chi connectivity index (χ1n) is 9.65. The molecule has 28 heavy (non-hydrogen) atoms. The fraction of sp³-hybridized carbons (Fsp3) is 0.0370. The highest BCUT2D eigenvalue weighted by Crippen LogP contribution is 2.62. The predicted molar refractivity (Wildman–Crippen MR) is 120 cm³/mol. The van der Waals surface area contributed by atoms with Crippen LogP contribution in [0.3, 0.4) is 0 Å². The summed E-state index contributed by atoms with van der Waals surface area (Å²) >= 11 is 3.80. The molecule has 0 amide bonds. The minimum absolute atomic E-state index is 0.238. The molecule has 5 aromatic rings. The lowest BCUT2D eigenvalue weighted by Crippen LogP contribution is -2.26. The number of rotatable bonds is 0. The van der Waals surface area contributed by atoms with E-state index < -0.39 is 0 Å². The van der Waals surface area contributed by atoms with Gasteiger partial charge < -0.3 is 0 Å². The molecule has 0 bridgehead atoms. The molecule has 1 heteroatoms. The van der Waals surface area contributed by atoms with Crippen molar-refractivity contribution in [1.82, 2.24) is 0 Å². The summed E-state index contributed by atoms with van der Waals surface area (Å²) in [5.74, 6) is 0. The van der Waals surface area contributed by atoms with E-state index in [2.05, 4.69) is 107 Å². The van der Waals surface area contributed by atoms with Crippen molar-refractivity contribution in [2.75, 3.05) is 0 Å². The molecular weight excluding hydrogens is 404 g/mol. The second kappa shape index (κ2) is 4.92. The maximum absolute atomic E-state index is 3.80. The molecule has 0 saturated heterocycles. The molecule has 2 aliphatic carbocycles. The smallest absolute Gasteiger partial charge is 0.0619 e. The average molecular weight is 419 g/mol. The molecule has 2 aliphatic rings. The molecule has 130 valence electrons. The van der Waals surface area contributed by atoms with Gasteiger partial charge in [0.05, 0.1) is 5.41 Å². The second-order valence-corrected chi connectivity index (χ2v) is 8.78. The van der Waals surface area contributed by atoms with Gasteiger partial charge >= 0.3 is 0 Å². The van der Waals surface area contributed by atoms with Crippen LogP contribution in [0.1, 0.15) is 22.3 Å². The van der Waals surface area contributed by atoms with Gasteiger partial charge in [-0.3, -0.25) is 0 Å².